The van der Waals surface area contributed by atoms with Crippen LogP contribution in [0.1, 0.15) is 33.6 Å². The van der Waals surface area contributed by atoms with Crippen LogP contribution < -0.4 is 0 Å². The first kappa shape index (κ1) is 12.8. The van der Waals surface area contributed by atoms with Gasteiger partial charge in [0, 0.05) is 6.54 Å². The summed E-state index contributed by atoms with van der Waals surface area (Å²) in [5, 5.41) is 0. The minimum atomic E-state index is -0.526. The Balaban J connectivity index is 2.65. The molecule has 0 bridgehead atoms. The highest BCUT2D eigenvalue weighted by Crippen LogP contribution is 2.21. The number of ether oxygens (including phenoxy) is 2. The SMILES string of the molecule is COC(=O)N1CCCC1C(=O)OC(C)(C)C. The van der Waals surface area contributed by atoms with Crippen LogP contribution in [0.25, 0.3) is 0 Å². The summed E-state index contributed by atoms with van der Waals surface area (Å²) in [6.07, 6.45) is 0.983. The van der Waals surface area contributed by atoms with Crippen LogP contribution in [0, 0.1) is 0 Å². The van der Waals surface area contributed by atoms with Crippen molar-refractivity contribution < 1.29 is 19.1 Å². The number of likely N-dealkylation sites (tertiary alicyclic amines) is 1. The molecule has 1 saturated heterocycles. The van der Waals surface area contributed by atoms with Gasteiger partial charge >= 0.3 is 12.1 Å². The van der Waals surface area contributed by atoms with E-state index in [1.54, 1.807) is 0 Å². The predicted octanol–water partition coefficient (Wildman–Crippen LogP) is 1.56. The first-order valence-corrected chi connectivity index (χ1v) is 5.42. The molecule has 0 radical (unpaired) electrons. The van der Waals surface area contributed by atoms with Crippen molar-refractivity contribution in [1.82, 2.24) is 4.90 Å². The maximum absolute atomic E-state index is 11.8. The Morgan fingerprint density at radius 2 is 1.94 bits per heavy atom. The van der Waals surface area contributed by atoms with Crippen molar-refractivity contribution in [2.24, 2.45) is 0 Å². The lowest BCUT2D eigenvalue weighted by Crippen LogP contribution is -2.43. The smallest absolute Gasteiger partial charge is 0.410 e. The van der Waals surface area contributed by atoms with Crippen molar-refractivity contribution >= 4 is 12.1 Å². The number of hydrogen-bond acceptors (Lipinski definition) is 4. The molecule has 5 heteroatoms. The van der Waals surface area contributed by atoms with Gasteiger partial charge in [0.25, 0.3) is 0 Å². The zero-order valence-corrected chi connectivity index (χ0v) is 10.3. The molecule has 0 aromatic rings. The van der Waals surface area contributed by atoms with Crippen LogP contribution >= 0.6 is 0 Å². The zero-order chi connectivity index (χ0) is 12.3. The fourth-order valence-electron chi connectivity index (χ4n) is 1.72. The average Bonchev–Trinajstić information content (AvgIpc) is 2.62. The molecule has 0 aromatic heterocycles. The van der Waals surface area contributed by atoms with Gasteiger partial charge in [-0.25, -0.2) is 9.59 Å². The second kappa shape index (κ2) is 4.72. The minimum Gasteiger partial charge on any atom is -0.458 e. The maximum Gasteiger partial charge on any atom is 0.410 e. The van der Waals surface area contributed by atoms with Gasteiger partial charge in [0.2, 0.25) is 0 Å². The monoisotopic (exact) mass is 229 g/mol. The van der Waals surface area contributed by atoms with Crippen LogP contribution in [0.3, 0.4) is 0 Å². The molecule has 1 atom stereocenters. The largest absolute Gasteiger partial charge is 0.458 e. The van der Waals surface area contributed by atoms with E-state index in [-0.39, 0.29) is 5.97 Å². The molecule has 1 unspecified atom stereocenters. The molecule has 1 fully saturated rings. The number of rotatable bonds is 1. The van der Waals surface area contributed by atoms with Crippen molar-refractivity contribution in [3.8, 4) is 0 Å². The highest BCUT2D eigenvalue weighted by molar-refractivity contribution is 5.82. The highest BCUT2D eigenvalue weighted by Gasteiger charge is 2.37. The van der Waals surface area contributed by atoms with Crippen molar-refractivity contribution in [2.75, 3.05) is 13.7 Å². The Bertz CT molecular complexity index is 282. The van der Waals surface area contributed by atoms with Gasteiger partial charge in [-0.2, -0.15) is 0 Å². The Kier molecular flexibility index (Phi) is 3.78. The lowest BCUT2D eigenvalue weighted by atomic mass is 10.1. The van der Waals surface area contributed by atoms with E-state index < -0.39 is 17.7 Å². The summed E-state index contributed by atoms with van der Waals surface area (Å²) in [5.41, 5.74) is -0.526. The van der Waals surface area contributed by atoms with E-state index in [2.05, 4.69) is 4.74 Å². The normalized spacial score (nSPS) is 20.8. The van der Waals surface area contributed by atoms with Gasteiger partial charge in [-0.15, -0.1) is 0 Å². The molecular formula is C11H19NO4. The molecule has 0 aliphatic carbocycles. The van der Waals surface area contributed by atoms with Crippen molar-refractivity contribution in [1.29, 1.82) is 0 Å². The van der Waals surface area contributed by atoms with Gasteiger partial charge in [-0.05, 0) is 33.6 Å². The number of esters is 1. The van der Waals surface area contributed by atoms with Crippen molar-refractivity contribution in [3.63, 3.8) is 0 Å². The van der Waals surface area contributed by atoms with Crippen molar-refractivity contribution in [2.45, 2.75) is 45.3 Å². The summed E-state index contributed by atoms with van der Waals surface area (Å²) in [7, 11) is 1.31. The molecule has 0 N–H and O–H groups in total. The average molecular weight is 229 g/mol. The topological polar surface area (TPSA) is 55.8 Å². The summed E-state index contributed by atoms with van der Waals surface area (Å²) in [4.78, 5) is 24.6. The minimum absolute atomic E-state index is 0.351. The molecule has 1 aliphatic rings. The molecular weight excluding hydrogens is 210 g/mol. The van der Waals surface area contributed by atoms with Crippen LogP contribution in [-0.2, 0) is 14.3 Å². The van der Waals surface area contributed by atoms with Crippen LogP contribution in [0.15, 0.2) is 0 Å². The van der Waals surface area contributed by atoms with E-state index in [4.69, 9.17) is 4.74 Å². The Labute approximate surface area is 95.7 Å². The Morgan fingerprint density at radius 3 is 2.44 bits per heavy atom. The first-order chi connectivity index (χ1) is 7.35. The molecule has 0 saturated carbocycles. The molecule has 0 spiro atoms. The van der Waals surface area contributed by atoms with Crippen LogP contribution in [-0.4, -0.2) is 42.3 Å². The van der Waals surface area contributed by atoms with Crippen molar-refractivity contribution in [3.05, 3.63) is 0 Å². The van der Waals surface area contributed by atoms with E-state index in [1.807, 2.05) is 20.8 Å². The molecule has 5 nitrogen and oxygen atoms in total. The summed E-state index contributed by atoms with van der Waals surface area (Å²) in [6.45, 7) is 5.98. The second-order valence-electron chi connectivity index (χ2n) is 4.85. The van der Waals surface area contributed by atoms with E-state index in [1.165, 1.54) is 12.0 Å². The zero-order valence-electron chi connectivity index (χ0n) is 10.3. The molecule has 1 amide bonds. The van der Waals surface area contributed by atoms with Gasteiger partial charge in [-0.1, -0.05) is 0 Å². The van der Waals surface area contributed by atoms with Gasteiger partial charge in [0.05, 0.1) is 7.11 Å². The third-order valence-corrected chi connectivity index (χ3v) is 2.34. The lowest BCUT2D eigenvalue weighted by Gasteiger charge is -2.26. The number of nitrogens with zero attached hydrogens (tertiary/aromatic N) is 1. The molecule has 1 heterocycles. The number of amides is 1. The van der Waals surface area contributed by atoms with Gasteiger partial charge < -0.3 is 9.47 Å². The van der Waals surface area contributed by atoms with E-state index in [9.17, 15) is 9.59 Å². The lowest BCUT2D eigenvalue weighted by molar-refractivity contribution is -0.159. The summed E-state index contributed by atoms with van der Waals surface area (Å²) < 4.78 is 9.88. The molecule has 0 aromatic carbocycles. The molecule has 1 aliphatic heterocycles. The van der Waals surface area contributed by atoms with Crippen LogP contribution in [0.2, 0.25) is 0 Å². The van der Waals surface area contributed by atoms with Crippen LogP contribution in [0.5, 0.6) is 0 Å². The van der Waals surface area contributed by atoms with Crippen LogP contribution in [0.4, 0.5) is 4.79 Å². The standard InChI is InChI=1S/C11H19NO4/c1-11(2,3)16-9(13)8-6-5-7-12(8)10(14)15-4/h8H,5-7H2,1-4H3. The summed E-state index contributed by atoms with van der Waals surface area (Å²) in [5.74, 6) is -0.351. The summed E-state index contributed by atoms with van der Waals surface area (Å²) in [6, 6.07) is -0.494. The number of hydrogen-bond donors (Lipinski definition) is 0. The van der Waals surface area contributed by atoms with Gasteiger partial charge in [-0.3, -0.25) is 4.90 Å². The quantitative estimate of drug-likeness (QED) is 0.640. The van der Waals surface area contributed by atoms with Gasteiger partial charge in [0.1, 0.15) is 11.6 Å². The van der Waals surface area contributed by atoms with E-state index in [0.29, 0.717) is 13.0 Å². The third-order valence-electron chi connectivity index (χ3n) is 2.34. The third kappa shape index (κ3) is 3.12. The fourth-order valence-corrected chi connectivity index (χ4v) is 1.72. The van der Waals surface area contributed by atoms with E-state index >= 15 is 0 Å². The number of carbonyl (C=O) groups is 2. The molecule has 1 rings (SSSR count). The van der Waals surface area contributed by atoms with E-state index in [0.717, 1.165) is 6.42 Å². The Morgan fingerprint density at radius 1 is 1.31 bits per heavy atom. The Hall–Kier alpha value is -1.26. The molecule has 92 valence electrons. The number of carbonyl (C=O) groups excluding carboxylic acids is 2. The predicted molar refractivity (Wildman–Crippen MR) is 58.0 cm³/mol. The molecule has 16 heavy (non-hydrogen) atoms. The number of methoxy groups -OCH3 is 1. The highest BCUT2D eigenvalue weighted by atomic mass is 16.6. The second-order valence-corrected chi connectivity index (χ2v) is 4.85. The fraction of sp³-hybridized carbons (Fsp3) is 0.818. The van der Waals surface area contributed by atoms with Gasteiger partial charge in [0.15, 0.2) is 0 Å². The summed E-state index contributed by atoms with van der Waals surface area (Å²) >= 11 is 0. The maximum atomic E-state index is 11.8. The first-order valence-electron chi connectivity index (χ1n) is 5.42.